The largest absolute Gasteiger partial charge is 0.508 e. The molecule has 4 heteroatoms. The van der Waals surface area contributed by atoms with Crippen molar-refractivity contribution in [2.75, 3.05) is 0 Å². The van der Waals surface area contributed by atoms with Gasteiger partial charge >= 0.3 is 0 Å². The molecule has 1 aromatic heterocycles. The Labute approximate surface area is 117 Å². The van der Waals surface area contributed by atoms with E-state index in [9.17, 15) is 5.11 Å². The van der Waals surface area contributed by atoms with E-state index >= 15 is 0 Å². The summed E-state index contributed by atoms with van der Waals surface area (Å²) in [5.74, 6) is 0.865. The monoisotopic (exact) mass is 267 g/mol. The zero-order valence-corrected chi connectivity index (χ0v) is 11.6. The minimum Gasteiger partial charge on any atom is -0.508 e. The number of benzene rings is 2. The molecule has 0 spiro atoms. The van der Waals surface area contributed by atoms with Crippen molar-refractivity contribution in [2.24, 2.45) is 5.92 Å². The SMILES string of the molecule is CC(C)Cc1ccc2nn(-c3ccc(O)cc3)nc2c1. The summed E-state index contributed by atoms with van der Waals surface area (Å²) in [4.78, 5) is 1.60. The Kier molecular flexibility index (Phi) is 3.14. The number of nitrogens with zero attached hydrogens (tertiary/aromatic N) is 3. The Morgan fingerprint density at radius 3 is 2.40 bits per heavy atom. The van der Waals surface area contributed by atoms with Crippen LogP contribution < -0.4 is 0 Å². The summed E-state index contributed by atoms with van der Waals surface area (Å²) in [7, 11) is 0. The molecular formula is C16H17N3O. The molecule has 0 saturated carbocycles. The first kappa shape index (κ1) is 12.7. The number of phenolic OH excluding ortho intramolecular Hbond substituents is 1. The topological polar surface area (TPSA) is 50.9 Å². The van der Waals surface area contributed by atoms with Gasteiger partial charge in [-0.15, -0.1) is 10.2 Å². The van der Waals surface area contributed by atoms with Crippen molar-refractivity contribution in [2.45, 2.75) is 20.3 Å². The molecule has 2 aromatic carbocycles. The quantitative estimate of drug-likeness (QED) is 0.792. The minimum atomic E-state index is 0.240. The minimum absolute atomic E-state index is 0.240. The molecule has 1 N–H and O–H groups in total. The fourth-order valence-electron chi connectivity index (χ4n) is 2.26. The maximum Gasteiger partial charge on any atom is 0.115 e. The van der Waals surface area contributed by atoms with Crippen molar-refractivity contribution in [3.8, 4) is 11.4 Å². The molecule has 3 rings (SSSR count). The summed E-state index contributed by atoms with van der Waals surface area (Å²) in [6, 6.07) is 13.1. The van der Waals surface area contributed by atoms with E-state index in [4.69, 9.17) is 0 Å². The normalized spacial score (nSPS) is 11.3. The molecule has 0 atom stereocenters. The highest BCUT2D eigenvalue weighted by atomic mass is 16.3. The van der Waals surface area contributed by atoms with Crippen molar-refractivity contribution < 1.29 is 5.11 Å². The van der Waals surface area contributed by atoms with E-state index in [-0.39, 0.29) is 5.75 Å². The van der Waals surface area contributed by atoms with Gasteiger partial charge in [0, 0.05) is 0 Å². The molecule has 0 bridgehead atoms. The second-order valence-electron chi connectivity index (χ2n) is 5.43. The van der Waals surface area contributed by atoms with E-state index in [1.807, 2.05) is 6.07 Å². The summed E-state index contributed by atoms with van der Waals surface area (Å²) in [5, 5.41) is 18.3. The molecule has 0 aliphatic carbocycles. The molecule has 0 fully saturated rings. The third-order valence-electron chi connectivity index (χ3n) is 3.17. The lowest BCUT2D eigenvalue weighted by Crippen LogP contribution is -1.97. The van der Waals surface area contributed by atoms with Crippen LogP contribution in [-0.2, 0) is 6.42 Å². The fourth-order valence-corrected chi connectivity index (χ4v) is 2.26. The average molecular weight is 267 g/mol. The highest BCUT2D eigenvalue weighted by molar-refractivity contribution is 5.74. The van der Waals surface area contributed by atoms with Crippen LogP contribution >= 0.6 is 0 Å². The molecule has 0 aliphatic rings. The highest BCUT2D eigenvalue weighted by Gasteiger charge is 2.06. The molecule has 102 valence electrons. The Morgan fingerprint density at radius 1 is 1.00 bits per heavy atom. The van der Waals surface area contributed by atoms with Gasteiger partial charge in [0.15, 0.2) is 0 Å². The average Bonchev–Trinajstić information content (AvgIpc) is 2.81. The molecule has 0 radical (unpaired) electrons. The second kappa shape index (κ2) is 4.96. The van der Waals surface area contributed by atoms with Gasteiger partial charge < -0.3 is 5.11 Å². The van der Waals surface area contributed by atoms with Crippen molar-refractivity contribution in [3.63, 3.8) is 0 Å². The van der Waals surface area contributed by atoms with Gasteiger partial charge in [0.1, 0.15) is 16.8 Å². The zero-order chi connectivity index (χ0) is 14.1. The smallest absolute Gasteiger partial charge is 0.115 e. The summed E-state index contributed by atoms with van der Waals surface area (Å²) in [6.45, 7) is 4.41. The van der Waals surface area contributed by atoms with Gasteiger partial charge in [-0.25, -0.2) is 0 Å². The third-order valence-corrected chi connectivity index (χ3v) is 3.17. The van der Waals surface area contributed by atoms with Crippen LogP contribution in [0, 0.1) is 5.92 Å². The van der Waals surface area contributed by atoms with Crippen molar-refractivity contribution in [1.82, 2.24) is 15.0 Å². The first-order chi connectivity index (χ1) is 9.61. The summed E-state index contributed by atoms with van der Waals surface area (Å²) >= 11 is 0. The molecule has 1 heterocycles. The molecule has 0 amide bonds. The van der Waals surface area contributed by atoms with Crippen molar-refractivity contribution >= 4 is 11.0 Å². The first-order valence-corrected chi connectivity index (χ1v) is 6.77. The number of aromatic hydroxyl groups is 1. The van der Waals surface area contributed by atoms with Crippen LogP contribution in [0.4, 0.5) is 0 Å². The fraction of sp³-hybridized carbons (Fsp3) is 0.250. The van der Waals surface area contributed by atoms with Crippen molar-refractivity contribution in [1.29, 1.82) is 0 Å². The molecular weight excluding hydrogens is 250 g/mol. The van der Waals surface area contributed by atoms with Crippen LogP contribution in [0.15, 0.2) is 42.5 Å². The highest BCUT2D eigenvalue weighted by Crippen LogP contribution is 2.18. The van der Waals surface area contributed by atoms with Crippen LogP contribution in [0.25, 0.3) is 16.7 Å². The van der Waals surface area contributed by atoms with Crippen LogP contribution in [0.3, 0.4) is 0 Å². The lowest BCUT2D eigenvalue weighted by atomic mass is 10.0. The van der Waals surface area contributed by atoms with E-state index in [2.05, 4.69) is 36.2 Å². The van der Waals surface area contributed by atoms with E-state index in [0.29, 0.717) is 5.92 Å². The van der Waals surface area contributed by atoms with E-state index in [0.717, 1.165) is 23.1 Å². The molecule has 0 saturated heterocycles. The predicted octanol–water partition coefficient (Wildman–Crippen LogP) is 3.32. The Bertz CT molecular complexity index is 729. The molecule has 4 nitrogen and oxygen atoms in total. The lowest BCUT2D eigenvalue weighted by Gasteiger charge is -2.03. The number of hydrogen-bond acceptors (Lipinski definition) is 3. The maximum absolute atomic E-state index is 9.31. The van der Waals surface area contributed by atoms with E-state index in [1.165, 1.54) is 5.56 Å². The Balaban J connectivity index is 1.99. The predicted molar refractivity (Wildman–Crippen MR) is 79.1 cm³/mol. The third kappa shape index (κ3) is 2.50. The standard InChI is InChI=1S/C16H17N3O/c1-11(2)9-12-3-8-15-16(10-12)18-19(17-15)13-4-6-14(20)7-5-13/h3-8,10-11,20H,9H2,1-2H3. The van der Waals surface area contributed by atoms with Crippen molar-refractivity contribution in [3.05, 3.63) is 48.0 Å². The van der Waals surface area contributed by atoms with Gasteiger partial charge in [-0.1, -0.05) is 19.9 Å². The van der Waals surface area contributed by atoms with Crippen LogP contribution in [0.5, 0.6) is 5.75 Å². The number of rotatable bonds is 3. The molecule has 20 heavy (non-hydrogen) atoms. The number of fused-ring (bicyclic) bond motifs is 1. The number of aromatic nitrogens is 3. The first-order valence-electron chi connectivity index (χ1n) is 6.77. The van der Waals surface area contributed by atoms with E-state index < -0.39 is 0 Å². The van der Waals surface area contributed by atoms with E-state index in [1.54, 1.807) is 29.1 Å². The van der Waals surface area contributed by atoms with Crippen LogP contribution in [-0.4, -0.2) is 20.1 Å². The van der Waals surface area contributed by atoms with Crippen LogP contribution in [0.1, 0.15) is 19.4 Å². The van der Waals surface area contributed by atoms with Gasteiger partial charge in [-0.2, -0.15) is 4.80 Å². The van der Waals surface area contributed by atoms with Gasteiger partial charge in [0.25, 0.3) is 0 Å². The molecule has 0 aliphatic heterocycles. The zero-order valence-electron chi connectivity index (χ0n) is 11.6. The van der Waals surface area contributed by atoms with Gasteiger partial charge in [-0.05, 0) is 54.3 Å². The second-order valence-corrected chi connectivity index (χ2v) is 5.43. The number of hydrogen-bond donors (Lipinski definition) is 1. The Morgan fingerprint density at radius 2 is 1.70 bits per heavy atom. The van der Waals surface area contributed by atoms with Gasteiger partial charge in [0.05, 0.1) is 5.69 Å². The Hall–Kier alpha value is -2.36. The maximum atomic E-state index is 9.31. The summed E-state index contributed by atoms with van der Waals surface area (Å²) in [5.41, 5.74) is 3.90. The van der Waals surface area contributed by atoms with Gasteiger partial charge in [0.2, 0.25) is 0 Å². The van der Waals surface area contributed by atoms with Gasteiger partial charge in [-0.3, -0.25) is 0 Å². The lowest BCUT2D eigenvalue weighted by molar-refractivity contribution is 0.475. The number of phenols is 1. The summed E-state index contributed by atoms with van der Waals surface area (Å²) < 4.78 is 0. The molecule has 3 aromatic rings. The van der Waals surface area contributed by atoms with Crippen LogP contribution in [0.2, 0.25) is 0 Å². The summed E-state index contributed by atoms with van der Waals surface area (Å²) in [6.07, 6.45) is 1.04. The molecule has 0 unspecified atom stereocenters.